The van der Waals surface area contributed by atoms with Crippen LogP contribution in [0.4, 0.5) is 0 Å². The third-order valence-electron chi connectivity index (χ3n) is 6.13. The lowest BCUT2D eigenvalue weighted by Gasteiger charge is -2.35. The molecule has 24 heavy (non-hydrogen) atoms. The van der Waals surface area contributed by atoms with Gasteiger partial charge in [-0.25, -0.2) is 0 Å². The molecule has 0 radical (unpaired) electrons. The lowest BCUT2D eigenvalue weighted by molar-refractivity contribution is 0.0779. The fourth-order valence-electron chi connectivity index (χ4n) is 3.74. The number of rotatable bonds is 1. The smallest absolute Gasteiger partial charge is 0.169 e. The minimum Gasteiger partial charge on any atom is -0.294 e. The van der Waals surface area contributed by atoms with E-state index >= 15 is 0 Å². The molecule has 0 spiro atoms. The zero-order chi connectivity index (χ0) is 17.9. The molecule has 1 aliphatic carbocycles. The minimum atomic E-state index is -0.378. The summed E-state index contributed by atoms with van der Waals surface area (Å²) < 4.78 is 0. The zero-order valence-electron chi connectivity index (χ0n) is 15.9. The third kappa shape index (κ3) is 2.25. The van der Waals surface area contributed by atoms with Crippen molar-refractivity contribution >= 4 is 5.78 Å². The summed E-state index contributed by atoms with van der Waals surface area (Å²) in [6, 6.07) is 15.0. The molecule has 0 saturated carbocycles. The van der Waals surface area contributed by atoms with E-state index in [0.717, 1.165) is 5.56 Å². The summed E-state index contributed by atoms with van der Waals surface area (Å²) >= 11 is 0. The number of carbonyl (C=O) groups is 1. The number of fused-ring (bicyclic) bond motifs is 1. The molecular formula is C23H28O. The maximum atomic E-state index is 12.9. The monoisotopic (exact) mass is 320 g/mol. The van der Waals surface area contributed by atoms with Crippen LogP contribution in [0.1, 0.15) is 70.0 Å². The van der Waals surface area contributed by atoms with Crippen molar-refractivity contribution in [3.05, 3.63) is 59.2 Å². The van der Waals surface area contributed by atoms with Crippen molar-refractivity contribution in [2.45, 2.75) is 59.3 Å². The predicted octanol–water partition coefficient (Wildman–Crippen LogP) is 6.15. The normalized spacial score (nSPS) is 18.5. The van der Waals surface area contributed by atoms with Crippen LogP contribution in [0.2, 0.25) is 0 Å². The number of hydrogen-bond donors (Lipinski definition) is 0. The van der Waals surface area contributed by atoms with Crippen molar-refractivity contribution in [3.8, 4) is 11.1 Å². The Morgan fingerprint density at radius 1 is 0.750 bits per heavy atom. The second kappa shape index (κ2) is 5.05. The molecule has 2 aromatic rings. The topological polar surface area (TPSA) is 17.1 Å². The molecule has 0 fully saturated rings. The number of Topliss-reactive ketones (excluding diaryl/α,β-unsaturated/α-hetero) is 1. The minimum absolute atomic E-state index is 0.147. The van der Waals surface area contributed by atoms with E-state index < -0.39 is 0 Å². The van der Waals surface area contributed by atoms with Gasteiger partial charge in [0.25, 0.3) is 0 Å². The average molecular weight is 320 g/mol. The highest BCUT2D eigenvalue weighted by Crippen LogP contribution is 2.53. The Morgan fingerprint density at radius 3 is 1.83 bits per heavy atom. The van der Waals surface area contributed by atoms with Gasteiger partial charge in [0.2, 0.25) is 0 Å². The second-order valence-electron chi connectivity index (χ2n) is 9.13. The van der Waals surface area contributed by atoms with E-state index in [1.807, 2.05) is 12.1 Å². The van der Waals surface area contributed by atoms with Crippen LogP contribution < -0.4 is 0 Å². The number of ketones is 1. The molecule has 0 atom stereocenters. The maximum absolute atomic E-state index is 12.9. The van der Waals surface area contributed by atoms with Crippen molar-refractivity contribution in [2.24, 2.45) is 5.41 Å². The van der Waals surface area contributed by atoms with Crippen LogP contribution in [0.5, 0.6) is 0 Å². The molecule has 0 saturated heterocycles. The Labute approximate surface area is 146 Å². The highest BCUT2D eigenvalue weighted by atomic mass is 16.1. The van der Waals surface area contributed by atoms with E-state index in [2.05, 4.69) is 78.8 Å². The van der Waals surface area contributed by atoms with Crippen LogP contribution in [0.3, 0.4) is 0 Å². The Balaban J connectivity index is 2.19. The highest BCUT2D eigenvalue weighted by molar-refractivity contribution is 6.08. The van der Waals surface area contributed by atoms with Gasteiger partial charge in [0.1, 0.15) is 0 Å². The Kier molecular flexibility index (Phi) is 3.57. The van der Waals surface area contributed by atoms with E-state index in [1.54, 1.807) is 0 Å². The van der Waals surface area contributed by atoms with Gasteiger partial charge in [-0.2, -0.15) is 0 Å². The first kappa shape index (κ1) is 17.0. The van der Waals surface area contributed by atoms with Crippen LogP contribution in [0.15, 0.2) is 42.5 Å². The van der Waals surface area contributed by atoms with Crippen molar-refractivity contribution in [2.75, 3.05) is 0 Å². The summed E-state index contributed by atoms with van der Waals surface area (Å²) in [5.74, 6) is 0.260. The zero-order valence-corrected chi connectivity index (χ0v) is 15.9. The van der Waals surface area contributed by atoms with Crippen LogP contribution in [-0.4, -0.2) is 5.78 Å². The number of benzene rings is 2. The molecule has 0 aromatic heterocycles. The van der Waals surface area contributed by atoms with E-state index in [1.165, 1.54) is 22.3 Å². The van der Waals surface area contributed by atoms with Gasteiger partial charge in [0.15, 0.2) is 5.78 Å². The first-order chi connectivity index (χ1) is 11.0. The predicted molar refractivity (Wildman–Crippen MR) is 102 cm³/mol. The number of carbonyl (C=O) groups excluding carboxylic acids is 1. The van der Waals surface area contributed by atoms with Gasteiger partial charge in [-0.05, 0) is 27.7 Å². The SMILES string of the molecule is CC(C)(C)c1ccc(-c2cccc3c2C(C)(C)C(C)(C)C3=O)cc1. The molecule has 126 valence electrons. The highest BCUT2D eigenvalue weighted by Gasteiger charge is 2.52. The van der Waals surface area contributed by atoms with Crippen molar-refractivity contribution in [1.82, 2.24) is 0 Å². The van der Waals surface area contributed by atoms with Gasteiger partial charge < -0.3 is 0 Å². The van der Waals surface area contributed by atoms with Crippen LogP contribution in [0.25, 0.3) is 11.1 Å². The second-order valence-corrected chi connectivity index (χ2v) is 9.13. The molecule has 0 bridgehead atoms. The molecule has 1 aliphatic rings. The van der Waals surface area contributed by atoms with Gasteiger partial charge in [-0.15, -0.1) is 0 Å². The molecule has 3 rings (SSSR count). The summed E-state index contributed by atoms with van der Waals surface area (Å²) in [6.45, 7) is 15.2. The Hall–Kier alpha value is -1.89. The van der Waals surface area contributed by atoms with Gasteiger partial charge in [-0.1, -0.05) is 90.9 Å². The first-order valence-electron chi connectivity index (χ1n) is 8.77. The first-order valence-corrected chi connectivity index (χ1v) is 8.77. The van der Waals surface area contributed by atoms with Crippen molar-refractivity contribution in [3.63, 3.8) is 0 Å². The fraction of sp³-hybridized carbons (Fsp3) is 0.435. The van der Waals surface area contributed by atoms with Gasteiger partial charge in [0, 0.05) is 16.4 Å². The van der Waals surface area contributed by atoms with E-state index in [0.29, 0.717) is 0 Å². The summed E-state index contributed by atoms with van der Waals surface area (Å²) in [7, 11) is 0. The van der Waals surface area contributed by atoms with Crippen LogP contribution in [0, 0.1) is 5.41 Å². The molecule has 1 heteroatoms. The average Bonchev–Trinajstić information content (AvgIpc) is 2.65. The van der Waals surface area contributed by atoms with Gasteiger partial charge >= 0.3 is 0 Å². The molecule has 0 N–H and O–H groups in total. The lowest BCUT2D eigenvalue weighted by Crippen LogP contribution is -2.36. The van der Waals surface area contributed by atoms with Crippen LogP contribution in [-0.2, 0) is 10.8 Å². The maximum Gasteiger partial charge on any atom is 0.169 e. The number of hydrogen-bond acceptors (Lipinski definition) is 1. The molecule has 0 aliphatic heterocycles. The molecule has 1 nitrogen and oxygen atoms in total. The summed E-state index contributed by atoms with van der Waals surface area (Å²) in [6.07, 6.45) is 0. The standard InChI is InChI=1S/C23H28O/c1-21(2,3)16-13-11-15(12-14-16)17-9-8-10-18-19(17)22(4,5)23(6,7)20(18)24/h8-14H,1-7H3. The van der Waals surface area contributed by atoms with E-state index in [4.69, 9.17) is 0 Å². The molecule has 0 heterocycles. The molecular weight excluding hydrogens is 292 g/mol. The quantitative estimate of drug-likeness (QED) is 0.615. The third-order valence-corrected chi connectivity index (χ3v) is 6.13. The summed E-state index contributed by atoms with van der Waals surface area (Å²) in [5.41, 5.74) is 5.39. The lowest BCUT2D eigenvalue weighted by atomic mass is 9.67. The van der Waals surface area contributed by atoms with Crippen molar-refractivity contribution < 1.29 is 4.79 Å². The summed E-state index contributed by atoms with van der Waals surface area (Å²) in [4.78, 5) is 12.9. The van der Waals surface area contributed by atoms with E-state index in [9.17, 15) is 4.79 Å². The molecule has 0 unspecified atom stereocenters. The van der Waals surface area contributed by atoms with Gasteiger partial charge in [0.05, 0.1) is 0 Å². The summed E-state index contributed by atoms with van der Waals surface area (Å²) in [5, 5.41) is 0. The Morgan fingerprint density at radius 2 is 1.29 bits per heavy atom. The fourth-order valence-corrected chi connectivity index (χ4v) is 3.74. The van der Waals surface area contributed by atoms with E-state index in [-0.39, 0.29) is 22.0 Å². The molecule has 0 amide bonds. The Bertz CT molecular complexity index is 799. The largest absolute Gasteiger partial charge is 0.294 e. The van der Waals surface area contributed by atoms with Gasteiger partial charge in [-0.3, -0.25) is 4.79 Å². The molecule has 2 aromatic carbocycles. The van der Waals surface area contributed by atoms with Crippen LogP contribution >= 0.6 is 0 Å². The van der Waals surface area contributed by atoms with Crippen molar-refractivity contribution in [1.29, 1.82) is 0 Å².